The predicted octanol–water partition coefficient (Wildman–Crippen LogP) is 3.90. The summed E-state index contributed by atoms with van der Waals surface area (Å²) < 4.78 is 8.96. The van der Waals surface area contributed by atoms with Crippen LogP contribution in [0.25, 0.3) is 11.8 Å². The van der Waals surface area contributed by atoms with Gasteiger partial charge in [0.1, 0.15) is 11.4 Å². The molecule has 152 valence electrons. The molecule has 1 amide bonds. The molecule has 0 saturated carbocycles. The van der Waals surface area contributed by atoms with Gasteiger partial charge in [-0.3, -0.25) is 19.2 Å². The molecule has 0 N–H and O–H groups in total. The second-order valence-corrected chi connectivity index (χ2v) is 8.34. The summed E-state index contributed by atoms with van der Waals surface area (Å²) in [7, 11) is 3.37. The van der Waals surface area contributed by atoms with Gasteiger partial charge in [-0.25, -0.2) is 4.68 Å². The van der Waals surface area contributed by atoms with Gasteiger partial charge in [0.25, 0.3) is 11.5 Å². The van der Waals surface area contributed by atoms with Crippen LogP contribution < -0.4 is 15.2 Å². The van der Waals surface area contributed by atoms with E-state index in [1.54, 1.807) is 31.8 Å². The average molecular weight is 438 g/mol. The van der Waals surface area contributed by atoms with Crippen molar-refractivity contribution in [1.29, 1.82) is 0 Å². The zero-order valence-electron chi connectivity index (χ0n) is 16.7. The second-order valence-electron chi connectivity index (χ2n) is 6.67. The summed E-state index contributed by atoms with van der Waals surface area (Å²) in [4.78, 5) is 28.3. The van der Waals surface area contributed by atoms with E-state index in [1.807, 2.05) is 54.6 Å². The van der Waals surface area contributed by atoms with Gasteiger partial charge in [0, 0.05) is 12.6 Å². The molecule has 3 aromatic rings. The number of hydrogen-bond donors (Lipinski definition) is 0. The number of anilines is 1. The molecule has 8 heteroatoms. The van der Waals surface area contributed by atoms with Crippen LogP contribution in [0.1, 0.15) is 11.3 Å². The van der Waals surface area contributed by atoms with Gasteiger partial charge in [-0.2, -0.15) is 0 Å². The Hall–Kier alpha value is -3.10. The van der Waals surface area contributed by atoms with Crippen molar-refractivity contribution in [3.8, 4) is 11.4 Å². The number of hydrogen-bond acceptors (Lipinski definition) is 5. The van der Waals surface area contributed by atoms with Crippen LogP contribution in [-0.2, 0) is 11.8 Å². The molecule has 1 aliphatic rings. The molecular formula is C22H19N3O3S2. The van der Waals surface area contributed by atoms with Gasteiger partial charge in [0.05, 0.1) is 23.4 Å². The highest BCUT2D eigenvalue weighted by Gasteiger charge is 2.37. The number of thioether (sulfide) groups is 1. The third kappa shape index (κ3) is 3.28. The highest BCUT2D eigenvalue weighted by atomic mass is 32.2. The van der Waals surface area contributed by atoms with Crippen LogP contribution in [0.15, 0.2) is 64.3 Å². The van der Waals surface area contributed by atoms with Gasteiger partial charge in [-0.05, 0) is 31.2 Å². The molecule has 2 heterocycles. The topological polar surface area (TPSA) is 56.5 Å². The molecule has 1 aliphatic heterocycles. The number of aromatic nitrogens is 2. The van der Waals surface area contributed by atoms with Crippen molar-refractivity contribution in [3.63, 3.8) is 0 Å². The highest BCUT2D eigenvalue weighted by Crippen LogP contribution is 2.37. The Bertz CT molecular complexity index is 1240. The summed E-state index contributed by atoms with van der Waals surface area (Å²) in [5.41, 5.74) is 2.11. The average Bonchev–Trinajstić information content (AvgIpc) is 3.14. The van der Waals surface area contributed by atoms with Crippen molar-refractivity contribution in [2.24, 2.45) is 7.05 Å². The largest absolute Gasteiger partial charge is 0.496 e. The summed E-state index contributed by atoms with van der Waals surface area (Å²) in [6.07, 6.45) is 1.74. The molecule has 0 spiro atoms. The van der Waals surface area contributed by atoms with Crippen molar-refractivity contribution >= 4 is 46.0 Å². The Labute approximate surface area is 183 Å². The van der Waals surface area contributed by atoms with Gasteiger partial charge in [-0.1, -0.05) is 60.4 Å². The number of carbonyl (C=O) groups is 1. The van der Waals surface area contributed by atoms with Gasteiger partial charge in [0.15, 0.2) is 4.32 Å². The lowest BCUT2D eigenvalue weighted by Crippen LogP contribution is -2.33. The number of rotatable bonds is 4. The Kier molecular flexibility index (Phi) is 5.36. The van der Waals surface area contributed by atoms with E-state index in [-0.39, 0.29) is 17.2 Å². The fourth-order valence-corrected chi connectivity index (χ4v) is 4.66. The number of thiocarbonyl (C=S) groups is 1. The van der Waals surface area contributed by atoms with Crippen molar-refractivity contribution in [3.05, 3.63) is 81.1 Å². The van der Waals surface area contributed by atoms with E-state index in [1.165, 1.54) is 21.3 Å². The monoisotopic (exact) mass is 437 g/mol. The van der Waals surface area contributed by atoms with Gasteiger partial charge < -0.3 is 4.74 Å². The summed E-state index contributed by atoms with van der Waals surface area (Å²) in [5.74, 6) is 0.340. The van der Waals surface area contributed by atoms with Crippen molar-refractivity contribution in [2.45, 2.75) is 6.92 Å². The molecule has 2 aromatic carbocycles. The first-order valence-corrected chi connectivity index (χ1v) is 10.4. The van der Waals surface area contributed by atoms with Crippen molar-refractivity contribution in [1.82, 2.24) is 9.36 Å². The van der Waals surface area contributed by atoms with E-state index in [9.17, 15) is 9.59 Å². The van der Waals surface area contributed by atoms with Crippen molar-refractivity contribution < 1.29 is 9.53 Å². The highest BCUT2D eigenvalue weighted by molar-refractivity contribution is 8.27. The van der Waals surface area contributed by atoms with Crippen molar-refractivity contribution in [2.75, 3.05) is 12.0 Å². The van der Waals surface area contributed by atoms with E-state index in [4.69, 9.17) is 17.0 Å². The number of ether oxygens (including phenoxy) is 1. The molecule has 0 unspecified atom stereocenters. The molecule has 0 atom stereocenters. The number of carbonyl (C=O) groups excluding carboxylic acids is 1. The van der Waals surface area contributed by atoms with E-state index < -0.39 is 0 Å². The summed E-state index contributed by atoms with van der Waals surface area (Å²) in [6.45, 7) is 1.80. The molecule has 0 bridgehead atoms. The Morgan fingerprint density at radius 1 is 1.03 bits per heavy atom. The molecular weight excluding hydrogens is 418 g/mol. The second kappa shape index (κ2) is 7.97. The van der Waals surface area contributed by atoms with E-state index >= 15 is 0 Å². The number of nitrogens with zero attached hydrogens (tertiary/aromatic N) is 3. The fourth-order valence-electron chi connectivity index (χ4n) is 3.40. The molecule has 1 aromatic heterocycles. The third-order valence-corrected chi connectivity index (χ3v) is 6.27. The lowest BCUT2D eigenvalue weighted by atomic mass is 10.2. The molecule has 1 fully saturated rings. The first kappa shape index (κ1) is 20.2. The van der Waals surface area contributed by atoms with Crippen LogP contribution in [-0.4, -0.2) is 26.7 Å². The quantitative estimate of drug-likeness (QED) is 0.458. The van der Waals surface area contributed by atoms with Crippen LogP contribution in [0.3, 0.4) is 0 Å². The van der Waals surface area contributed by atoms with Crippen LogP contribution in [0.5, 0.6) is 5.75 Å². The van der Waals surface area contributed by atoms with E-state index in [0.29, 0.717) is 26.4 Å². The van der Waals surface area contributed by atoms with Gasteiger partial charge >= 0.3 is 0 Å². The first-order chi connectivity index (χ1) is 14.4. The molecule has 0 radical (unpaired) electrons. The van der Waals surface area contributed by atoms with Crippen LogP contribution in [0.2, 0.25) is 0 Å². The molecule has 6 nitrogen and oxygen atoms in total. The molecule has 30 heavy (non-hydrogen) atoms. The molecule has 0 aliphatic carbocycles. The zero-order chi connectivity index (χ0) is 21.4. The van der Waals surface area contributed by atoms with Crippen LogP contribution in [0, 0.1) is 6.92 Å². The minimum atomic E-state index is -0.318. The number of amides is 1. The van der Waals surface area contributed by atoms with E-state index in [2.05, 4.69) is 0 Å². The third-order valence-electron chi connectivity index (χ3n) is 4.97. The Morgan fingerprint density at radius 3 is 2.40 bits per heavy atom. The summed E-state index contributed by atoms with van der Waals surface area (Å²) in [6, 6.07) is 16.7. The summed E-state index contributed by atoms with van der Waals surface area (Å²) >= 11 is 6.66. The van der Waals surface area contributed by atoms with E-state index in [0.717, 1.165) is 5.56 Å². The maximum Gasteiger partial charge on any atom is 0.296 e. The number of para-hydroxylation sites is 2. The molecule has 4 rings (SSSR count). The standard InChI is InChI=1S/C22H19N3O3S2/c1-14-19(21(27)25(23(14)2)16-10-5-4-6-11-16)24-20(26)18(30-22(24)29)13-15-9-7-8-12-17(15)28-3/h4-13H,1-3H3/b18-13+. The first-order valence-electron chi connectivity index (χ1n) is 9.19. The van der Waals surface area contributed by atoms with Crippen LogP contribution >= 0.6 is 24.0 Å². The predicted molar refractivity (Wildman–Crippen MR) is 124 cm³/mol. The zero-order valence-corrected chi connectivity index (χ0v) is 18.3. The fraction of sp³-hybridized carbons (Fsp3) is 0.136. The number of methoxy groups -OCH3 is 1. The van der Waals surface area contributed by atoms with Gasteiger partial charge in [-0.15, -0.1) is 0 Å². The Balaban J connectivity index is 1.79. The van der Waals surface area contributed by atoms with Crippen LogP contribution in [0.4, 0.5) is 5.69 Å². The maximum atomic E-state index is 13.3. The minimum Gasteiger partial charge on any atom is -0.496 e. The minimum absolute atomic E-state index is 0.271. The Morgan fingerprint density at radius 2 is 1.70 bits per heavy atom. The molecule has 1 saturated heterocycles. The van der Waals surface area contributed by atoms with Gasteiger partial charge in [0.2, 0.25) is 0 Å². The normalized spacial score (nSPS) is 15.3. The number of benzene rings is 2. The summed E-state index contributed by atoms with van der Waals surface area (Å²) in [5, 5.41) is 0. The SMILES string of the molecule is COc1ccccc1/C=C1/SC(=S)N(c2c(C)n(C)n(-c3ccccc3)c2=O)C1=O. The smallest absolute Gasteiger partial charge is 0.296 e. The lowest BCUT2D eigenvalue weighted by Gasteiger charge is -2.12. The lowest BCUT2D eigenvalue weighted by molar-refractivity contribution is -0.113. The maximum absolute atomic E-state index is 13.3.